The Kier molecular flexibility index (Phi) is 5.97. The first-order valence-corrected chi connectivity index (χ1v) is 8.49. The summed E-state index contributed by atoms with van der Waals surface area (Å²) in [4.78, 5) is 28.0. The van der Waals surface area contributed by atoms with Gasteiger partial charge in [-0.2, -0.15) is 0 Å². The molecule has 2 rings (SSSR count). The Labute approximate surface area is 150 Å². The fourth-order valence-corrected chi connectivity index (χ4v) is 3.20. The minimum atomic E-state index is -0.0507. The Morgan fingerprint density at radius 2 is 1.52 bits per heavy atom. The molecule has 0 aromatic heterocycles. The number of carbonyl (C=O) groups is 2. The van der Waals surface area contributed by atoms with Crippen LogP contribution in [0.25, 0.3) is 0 Å². The average Bonchev–Trinajstić information content (AvgIpc) is 2.56. The normalized spacial score (nSPS) is 10.4. The maximum absolute atomic E-state index is 12.5. The van der Waals surface area contributed by atoms with E-state index in [-0.39, 0.29) is 18.2 Å². The molecular weight excluding hydrogens is 312 g/mol. The van der Waals surface area contributed by atoms with E-state index in [2.05, 4.69) is 12.1 Å². The SMILES string of the molecule is CC(=O)N(CCC(=O)N(C)c1ccccc1)c1c(C)cc(C)cc1C. The quantitative estimate of drug-likeness (QED) is 0.826. The van der Waals surface area contributed by atoms with Gasteiger partial charge in [0.25, 0.3) is 0 Å². The number of rotatable bonds is 5. The number of para-hydroxylation sites is 1. The molecule has 0 aliphatic heterocycles. The smallest absolute Gasteiger partial charge is 0.228 e. The Balaban J connectivity index is 2.16. The van der Waals surface area contributed by atoms with Gasteiger partial charge < -0.3 is 9.80 Å². The van der Waals surface area contributed by atoms with Gasteiger partial charge in [0.15, 0.2) is 0 Å². The van der Waals surface area contributed by atoms with Gasteiger partial charge in [0, 0.05) is 38.3 Å². The highest BCUT2D eigenvalue weighted by molar-refractivity contribution is 5.96. The van der Waals surface area contributed by atoms with E-state index in [0.717, 1.165) is 22.5 Å². The molecule has 0 unspecified atom stereocenters. The minimum absolute atomic E-state index is 0.0140. The predicted octanol–water partition coefficient (Wildman–Crippen LogP) is 4.02. The van der Waals surface area contributed by atoms with Crippen LogP contribution in [-0.4, -0.2) is 25.4 Å². The highest BCUT2D eigenvalue weighted by atomic mass is 16.2. The average molecular weight is 338 g/mol. The van der Waals surface area contributed by atoms with E-state index in [1.807, 2.05) is 51.1 Å². The fraction of sp³-hybridized carbons (Fsp3) is 0.333. The lowest BCUT2D eigenvalue weighted by atomic mass is 10.0. The van der Waals surface area contributed by atoms with Crippen molar-refractivity contribution in [3.8, 4) is 0 Å². The lowest BCUT2D eigenvalue weighted by Crippen LogP contribution is -2.35. The predicted molar refractivity (Wildman–Crippen MR) is 103 cm³/mol. The molecule has 0 aliphatic carbocycles. The molecule has 0 aliphatic rings. The van der Waals surface area contributed by atoms with Crippen LogP contribution in [0.15, 0.2) is 42.5 Å². The molecule has 25 heavy (non-hydrogen) atoms. The summed E-state index contributed by atoms with van der Waals surface area (Å²) < 4.78 is 0. The van der Waals surface area contributed by atoms with Crippen LogP contribution >= 0.6 is 0 Å². The van der Waals surface area contributed by atoms with Gasteiger partial charge in [-0.1, -0.05) is 35.9 Å². The van der Waals surface area contributed by atoms with Crippen molar-refractivity contribution in [2.75, 3.05) is 23.4 Å². The van der Waals surface area contributed by atoms with Crippen LogP contribution in [0.2, 0.25) is 0 Å². The van der Waals surface area contributed by atoms with Crippen molar-refractivity contribution in [1.82, 2.24) is 0 Å². The molecule has 2 aromatic rings. The van der Waals surface area contributed by atoms with Gasteiger partial charge in [-0.15, -0.1) is 0 Å². The molecular formula is C21H26N2O2. The number of nitrogens with zero attached hydrogens (tertiary/aromatic N) is 2. The Morgan fingerprint density at radius 3 is 2.04 bits per heavy atom. The summed E-state index contributed by atoms with van der Waals surface area (Å²) in [5.74, 6) is -0.0647. The van der Waals surface area contributed by atoms with Crippen LogP contribution in [0.4, 0.5) is 11.4 Å². The van der Waals surface area contributed by atoms with Crippen molar-refractivity contribution in [1.29, 1.82) is 0 Å². The van der Waals surface area contributed by atoms with E-state index < -0.39 is 0 Å². The van der Waals surface area contributed by atoms with Crippen LogP contribution in [0, 0.1) is 20.8 Å². The molecule has 0 heterocycles. The largest absolute Gasteiger partial charge is 0.315 e. The molecule has 0 atom stereocenters. The van der Waals surface area contributed by atoms with Crippen LogP contribution in [0.1, 0.15) is 30.0 Å². The molecule has 0 N–H and O–H groups in total. The third-order valence-electron chi connectivity index (χ3n) is 4.35. The van der Waals surface area contributed by atoms with E-state index in [9.17, 15) is 9.59 Å². The standard InChI is InChI=1S/C21H26N2O2/c1-15-13-16(2)21(17(3)14-15)23(18(4)24)12-11-20(25)22(5)19-9-7-6-8-10-19/h6-10,13-14H,11-12H2,1-5H3. The second-order valence-corrected chi connectivity index (χ2v) is 6.46. The first kappa shape index (κ1) is 18.7. The number of anilines is 2. The Hall–Kier alpha value is -2.62. The highest BCUT2D eigenvalue weighted by Gasteiger charge is 2.19. The summed E-state index contributed by atoms with van der Waals surface area (Å²) >= 11 is 0. The molecule has 0 saturated carbocycles. The first-order chi connectivity index (χ1) is 11.8. The lowest BCUT2D eigenvalue weighted by molar-refractivity contribution is -0.118. The van der Waals surface area contributed by atoms with Crippen molar-refractivity contribution < 1.29 is 9.59 Å². The van der Waals surface area contributed by atoms with Gasteiger partial charge in [0.05, 0.1) is 0 Å². The number of aryl methyl sites for hydroxylation is 3. The van der Waals surface area contributed by atoms with Crippen molar-refractivity contribution in [2.45, 2.75) is 34.1 Å². The van der Waals surface area contributed by atoms with E-state index >= 15 is 0 Å². The molecule has 4 heteroatoms. The van der Waals surface area contributed by atoms with Crippen LogP contribution in [-0.2, 0) is 9.59 Å². The summed E-state index contributed by atoms with van der Waals surface area (Å²) in [6.07, 6.45) is 0.276. The molecule has 2 amide bonds. The van der Waals surface area contributed by atoms with Crippen molar-refractivity contribution >= 4 is 23.2 Å². The second kappa shape index (κ2) is 7.97. The maximum Gasteiger partial charge on any atom is 0.228 e. The Bertz CT molecular complexity index is 746. The van der Waals surface area contributed by atoms with E-state index in [1.54, 1.807) is 23.8 Å². The zero-order valence-corrected chi connectivity index (χ0v) is 15.7. The zero-order chi connectivity index (χ0) is 18.6. The van der Waals surface area contributed by atoms with E-state index in [1.165, 1.54) is 5.56 Å². The number of benzene rings is 2. The topological polar surface area (TPSA) is 40.6 Å². The molecule has 0 radical (unpaired) electrons. The fourth-order valence-electron chi connectivity index (χ4n) is 3.20. The summed E-state index contributed by atoms with van der Waals surface area (Å²) in [6, 6.07) is 13.7. The minimum Gasteiger partial charge on any atom is -0.315 e. The van der Waals surface area contributed by atoms with Crippen molar-refractivity contribution in [3.63, 3.8) is 0 Å². The molecule has 0 saturated heterocycles. The van der Waals surface area contributed by atoms with Crippen molar-refractivity contribution in [3.05, 3.63) is 59.2 Å². The summed E-state index contributed by atoms with van der Waals surface area (Å²) in [5.41, 5.74) is 5.04. The van der Waals surface area contributed by atoms with E-state index in [4.69, 9.17) is 0 Å². The highest BCUT2D eigenvalue weighted by Crippen LogP contribution is 2.27. The van der Waals surface area contributed by atoms with Gasteiger partial charge in [-0.25, -0.2) is 0 Å². The lowest BCUT2D eigenvalue weighted by Gasteiger charge is -2.26. The third-order valence-corrected chi connectivity index (χ3v) is 4.35. The third kappa shape index (κ3) is 4.47. The Morgan fingerprint density at radius 1 is 0.960 bits per heavy atom. The monoisotopic (exact) mass is 338 g/mol. The van der Waals surface area contributed by atoms with Crippen molar-refractivity contribution in [2.24, 2.45) is 0 Å². The molecule has 2 aromatic carbocycles. The van der Waals surface area contributed by atoms with Gasteiger partial charge in [0.2, 0.25) is 11.8 Å². The molecule has 0 spiro atoms. The zero-order valence-electron chi connectivity index (χ0n) is 15.7. The van der Waals surface area contributed by atoms with Gasteiger partial charge in [0.1, 0.15) is 0 Å². The number of hydrogen-bond acceptors (Lipinski definition) is 2. The van der Waals surface area contributed by atoms with Crippen LogP contribution in [0.5, 0.6) is 0 Å². The molecule has 132 valence electrons. The summed E-state index contributed by atoms with van der Waals surface area (Å²) in [6.45, 7) is 7.97. The van der Waals surface area contributed by atoms with E-state index in [0.29, 0.717) is 6.54 Å². The van der Waals surface area contributed by atoms with Gasteiger partial charge in [-0.05, 0) is 44.0 Å². The first-order valence-electron chi connectivity index (χ1n) is 8.49. The van der Waals surface area contributed by atoms with Gasteiger partial charge >= 0.3 is 0 Å². The maximum atomic E-state index is 12.5. The van der Waals surface area contributed by atoms with Crippen LogP contribution < -0.4 is 9.80 Å². The number of hydrogen-bond donors (Lipinski definition) is 0. The van der Waals surface area contributed by atoms with Crippen LogP contribution in [0.3, 0.4) is 0 Å². The molecule has 0 fully saturated rings. The second-order valence-electron chi connectivity index (χ2n) is 6.46. The van der Waals surface area contributed by atoms with Gasteiger partial charge in [-0.3, -0.25) is 9.59 Å². The summed E-state index contributed by atoms with van der Waals surface area (Å²) in [7, 11) is 1.76. The molecule has 4 nitrogen and oxygen atoms in total. The molecule has 0 bridgehead atoms. The number of amides is 2. The number of carbonyl (C=O) groups excluding carboxylic acids is 2. The summed E-state index contributed by atoms with van der Waals surface area (Å²) in [5, 5.41) is 0.